The van der Waals surface area contributed by atoms with Crippen molar-refractivity contribution in [3.8, 4) is 11.8 Å². The quantitative estimate of drug-likeness (QED) is 0.731. The second kappa shape index (κ2) is 7.93. The van der Waals surface area contributed by atoms with Gasteiger partial charge in [0, 0.05) is 18.3 Å². The maximum Gasteiger partial charge on any atom is 0.129 e. The lowest BCUT2D eigenvalue weighted by molar-refractivity contribution is 0.300. The Kier molecular flexibility index (Phi) is 5.22. The van der Waals surface area contributed by atoms with E-state index in [9.17, 15) is 4.39 Å². The van der Waals surface area contributed by atoms with Crippen molar-refractivity contribution >= 4 is 5.82 Å². The molecule has 5 heteroatoms. The largest absolute Gasteiger partial charge is 0.489 e. The van der Waals surface area contributed by atoms with Crippen molar-refractivity contribution in [3.05, 3.63) is 89.4 Å². The summed E-state index contributed by atoms with van der Waals surface area (Å²) < 4.78 is 19.2. The number of aromatic nitrogens is 1. The Morgan fingerprint density at radius 2 is 1.84 bits per heavy atom. The molecule has 0 radical (unpaired) electrons. The molecule has 0 aliphatic heterocycles. The first-order valence-electron chi connectivity index (χ1n) is 7.80. The number of rotatable bonds is 6. The molecule has 4 nitrogen and oxygen atoms in total. The van der Waals surface area contributed by atoms with Gasteiger partial charge in [-0.3, -0.25) is 0 Å². The topological polar surface area (TPSA) is 57.9 Å². The van der Waals surface area contributed by atoms with Crippen LogP contribution >= 0.6 is 0 Å². The molecule has 1 aromatic heterocycles. The number of hydrogen-bond donors (Lipinski definition) is 1. The van der Waals surface area contributed by atoms with Crippen LogP contribution in [-0.4, -0.2) is 4.98 Å². The molecule has 2 aromatic carbocycles. The summed E-state index contributed by atoms with van der Waals surface area (Å²) >= 11 is 0. The maximum atomic E-state index is 13.6. The lowest BCUT2D eigenvalue weighted by atomic mass is 10.2. The van der Waals surface area contributed by atoms with E-state index in [0.717, 1.165) is 5.56 Å². The van der Waals surface area contributed by atoms with Crippen molar-refractivity contribution in [2.45, 2.75) is 13.2 Å². The monoisotopic (exact) mass is 333 g/mol. The van der Waals surface area contributed by atoms with Crippen LogP contribution in [0.5, 0.6) is 5.75 Å². The summed E-state index contributed by atoms with van der Waals surface area (Å²) in [6.07, 6.45) is 1.53. The zero-order chi connectivity index (χ0) is 17.5. The highest BCUT2D eigenvalue weighted by Gasteiger charge is 2.02. The predicted molar refractivity (Wildman–Crippen MR) is 93.5 cm³/mol. The fraction of sp³-hybridized carbons (Fsp3) is 0.100. The molecule has 0 amide bonds. The zero-order valence-electron chi connectivity index (χ0n) is 13.4. The average molecular weight is 333 g/mol. The molecule has 1 heterocycles. The van der Waals surface area contributed by atoms with Gasteiger partial charge in [-0.2, -0.15) is 5.26 Å². The van der Waals surface area contributed by atoms with Gasteiger partial charge < -0.3 is 10.1 Å². The number of nitrogens with zero attached hydrogens (tertiary/aromatic N) is 2. The number of anilines is 1. The van der Waals surface area contributed by atoms with Crippen molar-refractivity contribution < 1.29 is 9.13 Å². The number of pyridine rings is 1. The average Bonchev–Trinajstić information content (AvgIpc) is 2.67. The minimum absolute atomic E-state index is 0.194. The van der Waals surface area contributed by atoms with Gasteiger partial charge in [0.05, 0.1) is 5.56 Å². The number of hydrogen-bond acceptors (Lipinski definition) is 4. The van der Waals surface area contributed by atoms with Gasteiger partial charge in [-0.15, -0.1) is 0 Å². The van der Waals surface area contributed by atoms with Crippen LogP contribution < -0.4 is 10.1 Å². The number of benzene rings is 2. The first kappa shape index (κ1) is 16.5. The summed E-state index contributed by atoms with van der Waals surface area (Å²) in [5.74, 6) is 1.13. The molecule has 0 bridgehead atoms. The number of ether oxygens (including phenoxy) is 1. The van der Waals surface area contributed by atoms with Gasteiger partial charge in [0.15, 0.2) is 0 Å². The van der Waals surface area contributed by atoms with Crippen LogP contribution in [0, 0.1) is 17.1 Å². The van der Waals surface area contributed by atoms with Crippen LogP contribution in [0.25, 0.3) is 0 Å². The third-order valence-electron chi connectivity index (χ3n) is 3.64. The van der Waals surface area contributed by atoms with E-state index in [1.165, 1.54) is 12.3 Å². The molecule has 0 aliphatic rings. The van der Waals surface area contributed by atoms with E-state index in [1.807, 2.05) is 30.3 Å². The number of nitriles is 1. The fourth-order valence-corrected chi connectivity index (χ4v) is 2.24. The highest BCUT2D eigenvalue weighted by molar-refractivity contribution is 5.40. The van der Waals surface area contributed by atoms with Gasteiger partial charge in [-0.1, -0.05) is 30.3 Å². The summed E-state index contributed by atoms with van der Waals surface area (Å²) in [5.41, 5.74) is 2.12. The Bertz CT molecular complexity index is 871. The maximum absolute atomic E-state index is 13.6. The van der Waals surface area contributed by atoms with Crippen molar-refractivity contribution in [2.75, 3.05) is 5.32 Å². The zero-order valence-corrected chi connectivity index (χ0v) is 13.4. The molecular weight excluding hydrogens is 317 g/mol. The van der Waals surface area contributed by atoms with E-state index in [-0.39, 0.29) is 12.4 Å². The smallest absolute Gasteiger partial charge is 0.129 e. The first-order chi connectivity index (χ1) is 12.2. The molecule has 3 aromatic rings. The SMILES string of the molecule is N#Cc1ccc(NCc2ccc(OCc3ccccc3F)cc2)nc1. The Labute approximate surface area is 145 Å². The van der Waals surface area contributed by atoms with Crippen LogP contribution in [-0.2, 0) is 13.2 Å². The Hall–Kier alpha value is -3.39. The molecule has 0 spiro atoms. The molecule has 1 N–H and O–H groups in total. The van der Waals surface area contributed by atoms with Crippen molar-refractivity contribution in [2.24, 2.45) is 0 Å². The molecule has 0 fully saturated rings. The lowest BCUT2D eigenvalue weighted by Gasteiger charge is -2.09. The van der Waals surface area contributed by atoms with Gasteiger partial charge in [0.2, 0.25) is 0 Å². The van der Waals surface area contributed by atoms with E-state index >= 15 is 0 Å². The number of halogens is 1. The molecular formula is C20H16FN3O. The minimum Gasteiger partial charge on any atom is -0.489 e. The van der Waals surface area contributed by atoms with Crippen LogP contribution in [0.15, 0.2) is 66.9 Å². The predicted octanol–water partition coefficient (Wildman–Crippen LogP) is 4.28. The lowest BCUT2D eigenvalue weighted by Crippen LogP contribution is -2.02. The van der Waals surface area contributed by atoms with Crippen molar-refractivity contribution in [1.29, 1.82) is 5.26 Å². The van der Waals surface area contributed by atoms with Gasteiger partial charge in [-0.05, 0) is 35.9 Å². The Balaban J connectivity index is 1.53. The molecule has 0 unspecified atom stereocenters. The molecule has 0 atom stereocenters. The first-order valence-corrected chi connectivity index (χ1v) is 7.80. The van der Waals surface area contributed by atoms with Gasteiger partial charge in [0.25, 0.3) is 0 Å². The minimum atomic E-state index is -0.266. The fourth-order valence-electron chi connectivity index (χ4n) is 2.24. The highest BCUT2D eigenvalue weighted by Crippen LogP contribution is 2.16. The number of nitrogens with one attached hydrogen (secondary N) is 1. The molecule has 3 rings (SSSR count). The third-order valence-corrected chi connectivity index (χ3v) is 3.64. The van der Waals surface area contributed by atoms with E-state index < -0.39 is 0 Å². The van der Waals surface area contributed by atoms with E-state index in [0.29, 0.717) is 29.2 Å². The summed E-state index contributed by atoms with van der Waals surface area (Å²) in [7, 11) is 0. The van der Waals surface area contributed by atoms with Gasteiger partial charge in [-0.25, -0.2) is 9.37 Å². The van der Waals surface area contributed by atoms with E-state index in [4.69, 9.17) is 10.00 Å². The summed E-state index contributed by atoms with van der Waals surface area (Å²) in [4.78, 5) is 4.16. The van der Waals surface area contributed by atoms with E-state index in [1.54, 1.807) is 30.3 Å². The van der Waals surface area contributed by atoms with E-state index in [2.05, 4.69) is 10.3 Å². The van der Waals surface area contributed by atoms with Crippen LogP contribution in [0.4, 0.5) is 10.2 Å². The Morgan fingerprint density at radius 3 is 2.52 bits per heavy atom. The third kappa shape index (κ3) is 4.55. The molecule has 124 valence electrons. The van der Waals surface area contributed by atoms with Crippen LogP contribution in [0.1, 0.15) is 16.7 Å². The molecule has 0 saturated carbocycles. The highest BCUT2D eigenvalue weighted by atomic mass is 19.1. The van der Waals surface area contributed by atoms with Crippen LogP contribution in [0.3, 0.4) is 0 Å². The van der Waals surface area contributed by atoms with Gasteiger partial charge in [0.1, 0.15) is 30.1 Å². The molecule has 25 heavy (non-hydrogen) atoms. The summed E-state index contributed by atoms with van der Waals surface area (Å²) in [6, 6.07) is 19.7. The summed E-state index contributed by atoms with van der Waals surface area (Å²) in [5, 5.41) is 11.9. The van der Waals surface area contributed by atoms with Gasteiger partial charge >= 0.3 is 0 Å². The standard InChI is InChI=1S/C20H16FN3O/c21-19-4-2-1-3-17(19)14-25-18-8-5-15(6-9-18)12-23-20-10-7-16(11-22)13-24-20/h1-10,13H,12,14H2,(H,23,24). The van der Waals surface area contributed by atoms with Crippen LogP contribution in [0.2, 0.25) is 0 Å². The Morgan fingerprint density at radius 1 is 1.04 bits per heavy atom. The van der Waals surface area contributed by atoms with Crippen molar-refractivity contribution in [3.63, 3.8) is 0 Å². The second-order valence-electron chi connectivity index (χ2n) is 5.42. The molecule has 0 saturated heterocycles. The summed E-state index contributed by atoms with van der Waals surface area (Å²) in [6.45, 7) is 0.798. The van der Waals surface area contributed by atoms with Crippen molar-refractivity contribution in [1.82, 2.24) is 4.98 Å². The second-order valence-corrected chi connectivity index (χ2v) is 5.42. The molecule has 0 aliphatic carbocycles. The normalized spacial score (nSPS) is 10.1.